The molecule has 0 aliphatic heterocycles. The molecule has 0 aliphatic carbocycles. The van der Waals surface area contributed by atoms with Crippen molar-refractivity contribution < 1.29 is 5.11 Å². The van der Waals surface area contributed by atoms with Crippen LogP contribution in [0.25, 0.3) is 0 Å². The number of aromatic nitrogens is 1. The maximum absolute atomic E-state index is 10.1. The van der Waals surface area contributed by atoms with E-state index in [0.29, 0.717) is 12.3 Å². The quantitative estimate of drug-likeness (QED) is 0.834. The van der Waals surface area contributed by atoms with E-state index in [1.54, 1.807) is 11.3 Å². The van der Waals surface area contributed by atoms with Gasteiger partial charge in [0.1, 0.15) is 0 Å². The Labute approximate surface area is 90.0 Å². The van der Waals surface area contributed by atoms with Crippen molar-refractivity contribution in [1.29, 1.82) is 0 Å². The molecule has 80 valence electrons. The third-order valence-electron chi connectivity index (χ3n) is 2.08. The van der Waals surface area contributed by atoms with Crippen molar-refractivity contribution in [2.24, 2.45) is 5.92 Å². The highest BCUT2D eigenvalue weighted by Gasteiger charge is 2.23. The summed E-state index contributed by atoms with van der Waals surface area (Å²) in [4.78, 5) is 4.36. The number of hydrogen-bond acceptors (Lipinski definition) is 3. The first-order chi connectivity index (χ1) is 6.39. The minimum Gasteiger partial charge on any atom is -0.390 e. The topological polar surface area (TPSA) is 33.1 Å². The van der Waals surface area contributed by atoms with E-state index in [0.717, 1.165) is 17.1 Å². The van der Waals surface area contributed by atoms with Crippen molar-refractivity contribution in [1.82, 2.24) is 4.98 Å². The molecule has 0 bridgehead atoms. The van der Waals surface area contributed by atoms with E-state index < -0.39 is 5.60 Å². The van der Waals surface area contributed by atoms with Crippen LogP contribution in [0.5, 0.6) is 0 Å². The predicted molar refractivity (Wildman–Crippen MR) is 60.6 cm³/mol. The lowest BCUT2D eigenvalue weighted by Gasteiger charge is -2.24. The number of rotatable bonds is 4. The van der Waals surface area contributed by atoms with Gasteiger partial charge in [-0.1, -0.05) is 13.8 Å². The molecule has 0 radical (unpaired) electrons. The van der Waals surface area contributed by atoms with Crippen molar-refractivity contribution in [3.63, 3.8) is 0 Å². The van der Waals surface area contributed by atoms with Gasteiger partial charge in [0, 0.05) is 11.8 Å². The van der Waals surface area contributed by atoms with E-state index in [9.17, 15) is 5.11 Å². The molecule has 0 saturated carbocycles. The minimum atomic E-state index is -0.616. The second kappa shape index (κ2) is 4.41. The zero-order valence-electron chi connectivity index (χ0n) is 9.37. The zero-order valence-corrected chi connectivity index (χ0v) is 10.2. The molecule has 1 aromatic rings. The van der Waals surface area contributed by atoms with E-state index in [1.165, 1.54) is 0 Å². The molecule has 1 unspecified atom stereocenters. The molecule has 0 aliphatic rings. The first-order valence-corrected chi connectivity index (χ1v) is 5.90. The summed E-state index contributed by atoms with van der Waals surface area (Å²) in [7, 11) is 0. The largest absolute Gasteiger partial charge is 0.390 e. The monoisotopic (exact) mass is 213 g/mol. The standard InChI is InChI=1S/C11H19NOS/c1-8(2)5-11(4,13)6-10-7-14-9(3)12-10/h7-8,13H,5-6H2,1-4H3. The molecule has 2 nitrogen and oxygen atoms in total. The third kappa shape index (κ3) is 3.76. The Morgan fingerprint density at radius 2 is 2.21 bits per heavy atom. The van der Waals surface area contributed by atoms with E-state index in [1.807, 2.05) is 19.2 Å². The Balaban J connectivity index is 2.58. The van der Waals surface area contributed by atoms with Crippen LogP contribution in [0.2, 0.25) is 0 Å². The number of hydrogen-bond donors (Lipinski definition) is 1. The predicted octanol–water partition coefficient (Wildman–Crippen LogP) is 2.79. The molecule has 0 aromatic carbocycles. The lowest BCUT2D eigenvalue weighted by molar-refractivity contribution is 0.0380. The molecule has 0 saturated heterocycles. The second-order valence-electron chi connectivity index (χ2n) is 4.63. The van der Waals surface area contributed by atoms with Crippen LogP contribution in [0.15, 0.2) is 5.38 Å². The van der Waals surface area contributed by atoms with E-state index in [2.05, 4.69) is 18.8 Å². The SMILES string of the molecule is Cc1nc(CC(C)(O)CC(C)C)cs1. The normalized spacial score (nSPS) is 15.9. The number of aliphatic hydroxyl groups is 1. The van der Waals surface area contributed by atoms with Gasteiger partial charge in [0.2, 0.25) is 0 Å². The highest BCUT2D eigenvalue weighted by molar-refractivity contribution is 7.09. The van der Waals surface area contributed by atoms with Gasteiger partial charge in [-0.25, -0.2) is 4.98 Å². The Bertz CT molecular complexity index is 291. The smallest absolute Gasteiger partial charge is 0.0897 e. The summed E-state index contributed by atoms with van der Waals surface area (Å²) in [5.41, 5.74) is 0.396. The third-order valence-corrected chi connectivity index (χ3v) is 2.90. The molecule has 1 aromatic heterocycles. The molecular formula is C11H19NOS. The fourth-order valence-electron chi connectivity index (χ4n) is 1.83. The average molecular weight is 213 g/mol. The summed E-state index contributed by atoms with van der Waals surface area (Å²) in [6, 6.07) is 0. The molecule has 3 heteroatoms. The fraction of sp³-hybridized carbons (Fsp3) is 0.727. The van der Waals surface area contributed by atoms with Gasteiger partial charge in [0.05, 0.1) is 16.3 Å². The first kappa shape index (κ1) is 11.7. The molecule has 0 fully saturated rings. The highest BCUT2D eigenvalue weighted by Crippen LogP contribution is 2.22. The van der Waals surface area contributed by atoms with Crippen LogP contribution < -0.4 is 0 Å². The lowest BCUT2D eigenvalue weighted by atomic mass is 9.90. The summed E-state index contributed by atoms with van der Waals surface area (Å²) in [5.74, 6) is 0.518. The van der Waals surface area contributed by atoms with Gasteiger partial charge in [-0.05, 0) is 26.2 Å². The Kier molecular flexibility index (Phi) is 3.67. The summed E-state index contributed by atoms with van der Waals surface area (Å²) < 4.78 is 0. The first-order valence-electron chi connectivity index (χ1n) is 5.02. The van der Waals surface area contributed by atoms with Gasteiger partial charge in [-0.2, -0.15) is 0 Å². The minimum absolute atomic E-state index is 0.518. The summed E-state index contributed by atoms with van der Waals surface area (Å²) in [6.07, 6.45) is 1.49. The van der Waals surface area contributed by atoms with Crippen LogP contribution in [-0.2, 0) is 6.42 Å². The second-order valence-corrected chi connectivity index (χ2v) is 5.69. The van der Waals surface area contributed by atoms with E-state index in [-0.39, 0.29) is 0 Å². The maximum Gasteiger partial charge on any atom is 0.0897 e. The molecule has 0 spiro atoms. The maximum atomic E-state index is 10.1. The van der Waals surface area contributed by atoms with Crippen LogP contribution in [0.1, 0.15) is 37.9 Å². The molecule has 14 heavy (non-hydrogen) atoms. The zero-order chi connectivity index (χ0) is 10.8. The van der Waals surface area contributed by atoms with Gasteiger partial charge in [0.25, 0.3) is 0 Å². The van der Waals surface area contributed by atoms with Gasteiger partial charge in [-0.15, -0.1) is 11.3 Å². The van der Waals surface area contributed by atoms with Crippen molar-refractivity contribution in [3.8, 4) is 0 Å². The summed E-state index contributed by atoms with van der Waals surface area (Å²) in [6.45, 7) is 8.13. The van der Waals surface area contributed by atoms with Crippen molar-refractivity contribution >= 4 is 11.3 Å². The molecule has 0 amide bonds. The average Bonchev–Trinajstić information content (AvgIpc) is 2.30. The van der Waals surface area contributed by atoms with E-state index in [4.69, 9.17) is 0 Å². The summed E-state index contributed by atoms with van der Waals surface area (Å²) in [5, 5.41) is 13.2. The number of thiazole rings is 1. The van der Waals surface area contributed by atoms with Crippen LogP contribution in [-0.4, -0.2) is 15.7 Å². The van der Waals surface area contributed by atoms with Crippen LogP contribution in [0, 0.1) is 12.8 Å². The fourth-order valence-corrected chi connectivity index (χ4v) is 2.44. The number of aryl methyl sites for hydroxylation is 1. The van der Waals surface area contributed by atoms with Crippen LogP contribution in [0.3, 0.4) is 0 Å². The van der Waals surface area contributed by atoms with Crippen LogP contribution >= 0.6 is 11.3 Å². The van der Waals surface area contributed by atoms with Gasteiger partial charge < -0.3 is 5.11 Å². The molecule has 1 atom stereocenters. The Hall–Kier alpha value is -0.410. The van der Waals surface area contributed by atoms with Crippen molar-refractivity contribution in [2.75, 3.05) is 0 Å². The molecule has 1 heterocycles. The van der Waals surface area contributed by atoms with Crippen molar-refractivity contribution in [2.45, 2.75) is 46.1 Å². The van der Waals surface area contributed by atoms with Gasteiger partial charge in [0.15, 0.2) is 0 Å². The van der Waals surface area contributed by atoms with Gasteiger partial charge >= 0.3 is 0 Å². The summed E-state index contributed by atoms with van der Waals surface area (Å²) >= 11 is 1.64. The number of nitrogens with zero attached hydrogens (tertiary/aromatic N) is 1. The van der Waals surface area contributed by atoms with Crippen molar-refractivity contribution in [3.05, 3.63) is 16.1 Å². The van der Waals surface area contributed by atoms with E-state index >= 15 is 0 Å². The highest BCUT2D eigenvalue weighted by atomic mass is 32.1. The lowest BCUT2D eigenvalue weighted by Crippen LogP contribution is -2.29. The Morgan fingerprint density at radius 3 is 2.64 bits per heavy atom. The van der Waals surface area contributed by atoms with Gasteiger partial charge in [-0.3, -0.25) is 0 Å². The van der Waals surface area contributed by atoms with Crippen LogP contribution in [0.4, 0.5) is 0 Å². The molecule has 1 rings (SSSR count). The Morgan fingerprint density at radius 1 is 1.57 bits per heavy atom. The molecular weight excluding hydrogens is 194 g/mol. The molecule has 1 N–H and O–H groups in total.